The minimum Gasteiger partial charge on any atom is -0.102 e. The van der Waals surface area contributed by atoms with Gasteiger partial charge in [-0.15, -0.1) is 6.58 Å². The second-order valence-corrected chi connectivity index (χ2v) is 4.55. The van der Waals surface area contributed by atoms with Crippen molar-refractivity contribution in [3.05, 3.63) is 34.9 Å². The second kappa shape index (κ2) is 6.08. The Labute approximate surface area is 101 Å². The lowest BCUT2D eigenvalue weighted by Gasteiger charge is -2.30. The van der Waals surface area contributed by atoms with Crippen molar-refractivity contribution in [2.24, 2.45) is 5.92 Å². The molecule has 0 amide bonds. The molecule has 1 aliphatic carbocycles. The van der Waals surface area contributed by atoms with E-state index < -0.39 is 0 Å². The molecule has 1 rings (SSSR count). The predicted molar refractivity (Wildman–Crippen MR) is 73.5 cm³/mol. The molecule has 0 nitrogen and oxygen atoms in total. The fraction of sp³-hybridized carbons (Fsp3) is 0.625. The molecule has 0 aromatic heterocycles. The number of rotatable bonds is 5. The lowest BCUT2D eigenvalue weighted by molar-refractivity contribution is 0.652. The van der Waals surface area contributed by atoms with Gasteiger partial charge in [0.05, 0.1) is 0 Å². The fourth-order valence-corrected chi connectivity index (χ4v) is 3.11. The van der Waals surface area contributed by atoms with Crippen LogP contribution in [0.15, 0.2) is 34.9 Å². The molecule has 0 bridgehead atoms. The summed E-state index contributed by atoms with van der Waals surface area (Å²) >= 11 is 0. The van der Waals surface area contributed by atoms with E-state index in [1.807, 2.05) is 0 Å². The average molecular weight is 218 g/mol. The normalized spacial score (nSPS) is 21.6. The molecule has 0 saturated heterocycles. The third-order valence-corrected chi connectivity index (χ3v) is 3.89. The summed E-state index contributed by atoms with van der Waals surface area (Å²) in [6.07, 6.45) is 8.13. The van der Waals surface area contributed by atoms with Crippen LogP contribution >= 0.6 is 0 Å². The first-order valence-electron chi connectivity index (χ1n) is 6.78. The molecule has 0 heteroatoms. The molecule has 16 heavy (non-hydrogen) atoms. The first kappa shape index (κ1) is 13.3. The van der Waals surface area contributed by atoms with E-state index in [-0.39, 0.29) is 0 Å². The van der Waals surface area contributed by atoms with Crippen LogP contribution in [0.4, 0.5) is 0 Å². The maximum atomic E-state index is 4.01. The highest BCUT2D eigenvalue weighted by atomic mass is 14.3. The average Bonchev–Trinajstić information content (AvgIpc) is 2.35. The van der Waals surface area contributed by atoms with Crippen LogP contribution in [0, 0.1) is 5.92 Å². The Morgan fingerprint density at radius 1 is 1.00 bits per heavy atom. The third-order valence-electron chi connectivity index (χ3n) is 3.89. The van der Waals surface area contributed by atoms with Crippen molar-refractivity contribution in [1.82, 2.24) is 0 Å². The van der Waals surface area contributed by atoms with Crippen LogP contribution in [0.5, 0.6) is 0 Å². The monoisotopic (exact) mass is 218 g/mol. The molecule has 1 aliphatic rings. The Balaban J connectivity index is 3.26. The van der Waals surface area contributed by atoms with E-state index >= 15 is 0 Å². The van der Waals surface area contributed by atoms with Crippen molar-refractivity contribution in [2.45, 2.75) is 59.8 Å². The van der Waals surface area contributed by atoms with Crippen LogP contribution in [0.3, 0.4) is 0 Å². The first-order chi connectivity index (χ1) is 7.73. The summed E-state index contributed by atoms with van der Waals surface area (Å²) < 4.78 is 0. The lowest BCUT2D eigenvalue weighted by Crippen LogP contribution is -2.14. The molecular weight excluding hydrogens is 192 g/mol. The summed E-state index contributed by atoms with van der Waals surface area (Å²) in [6, 6.07) is 0. The highest BCUT2D eigenvalue weighted by molar-refractivity contribution is 5.44. The summed E-state index contributed by atoms with van der Waals surface area (Å²) in [7, 11) is 0. The quantitative estimate of drug-likeness (QED) is 0.540. The molecule has 90 valence electrons. The fourth-order valence-electron chi connectivity index (χ4n) is 3.11. The minimum absolute atomic E-state index is 0.602. The Hall–Kier alpha value is -0.780. The Morgan fingerprint density at radius 2 is 1.62 bits per heavy atom. The van der Waals surface area contributed by atoms with E-state index in [2.05, 4.69) is 40.3 Å². The second-order valence-electron chi connectivity index (χ2n) is 4.55. The van der Waals surface area contributed by atoms with Gasteiger partial charge in [-0.3, -0.25) is 0 Å². The van der Waals surface area contributed by atoms with Gasteiger partial charge in [-0.25, -0.2) is 0 Å². The zero-order valence-electron chi connectivity index (χ0n) is 11.4. The molecule has 0 radical (unpaired) electrons. The molecular formula is C16H26. The van der Waals surface area contributed by atoms with Crippen molar-refractivity contribution in [1.29, 1.82) is 0 Å². The molecule has 0 spiro atoms. The van der Waals surface area contributed by atoms with E-state index in [0.29, 0.717) is 5.92 Å². The van der Waals surface area contributed by atoms with Gasteiger partial charge in [0, 0.05) is 5.92 Å². The van der Waals surface area contributed by atoms with Gasteiger partial charge in [0.1, 0.15) is 0 Å². The van der Waals surface area contributed by atoms with Crippen molar-refractivity contribution in [3.63, 3.8) is 0 Å². The minimum atomic E-state index is 0.602. The lowest BCUT2D eigenvalue weighted by atomic mass is 9.75. The van der Waals surface area contributed by atoms with E-state index in [9.17, 15) is 0 Å². The van der Waals surface area contributed by atoms with Crippen LogP contribution < -0.4 is 0 Å². The molecule has 1 unspecified atom stereocenters. The van der Waals surface area contributed by atoms with Crippen LogP contribution in [-0.2, 0) is 0 Å². The van der Waals surface area contributed by atoms with Crippen LogP contribution in [0.1, 0.15) is 59.8 Å². The van der Waals surface area contributed by atoms with Crippen LogP contribution in [0.2, 0.25) is 0 Å². The summed E-state index contributed by atoms with van der Waals surface area (Å²) in [5.41, 5.74) is 6.60. The third kappa shape index (κ3) is 2.31. The highest BCUT2D eigenvalue weighted by Crippen LogP contribution is 2.40. The summed E-state index contributed by atoms with van der Waals surface area (Å²) in [5, 5.41) is 0. The standard InChI is InChI=1S/C16H26/c1-6-12-11-13(7-2)15(9-4)16(10-5)14(12)8-3/h6,12H,1,7-11H2,2-5H3. The molecule has 0 aromatic carbocycles. The van der Waals surface area contributed by atoms with Gasteiger partial charge in [-0.1, -0.05) is 44.9 Å². The van der Waals surface area contributed by atoms with Gasteiger partial charge in [0.25, 0.3) is 0 Å². The maximum Gasteiger partial charge on any atom is 0.00173 e. The van der Waals surface area contributed by atoms with Crippen molar-refractivity contribution in [2.75, 3.05) is 0 Å². The van der Waals surface area contributed by atoms with Gasteiger partial charge >= 0.3 is 0 Å². The molecule has 0 saturated carbocycles. The van der Waals surface area contributed by atoms with Crippen molar-refractivity contribution < 1.29 is 0 Å². The molecule has 0 aliphatic heterocycles. The molecule has 0 fully saturated rings. The smallest absolute Gasteiger partial charge is 0.00173 e. The number of hydrogen-bond donors (Lipinski definition) is 0. The summed E-state index contributed by atoms with van der Waals surface area (Å²) in [5.74, 6) is 0.602. The number of allylic oxidation sites excluding steroid dienone is 5. The Bertz CT molecular complexity index is 315. The SMILES string of the molecule is C=CC1CC(CC)=C(CC)C(CC)=C1CC. The Kier molecular flexibility index (Phi) is 5.05. The molecule has 1 atom stereocenters. The van der Waals surface area contributed by atoms with Gasteiger partial charge in [-0.2, -0.15) is 0 Å². The zero-order valence-corrected chi connectivity index (χ0v) is 11.4. The first-order valence-corrected chi connectivity index (χ1v) is 6.78. The van der Waals surface area contributed by atoms with Crippen LogP contribution in [-0.4, -0.2) is 0 Å². The van der Waals surface area contributed by atoms with E-state index in [0.717, 1.165) is 0 Å². The van der Waals surface area contributed by atoms with E-state index in [1.54, 1.807) is 22.3 Å². The van der Waals surface area contributed by atoms with Gasteiger partial charge < -0.3 is 0 Å². The van der Waals surface area contributed by atoms with Crippen molar-refractivity contribution in [3.8, 4) is 0 Å². The highest BCUT2D eigenvalue weighted by Gasteiger charge is 2.23. The molecule has 0 aromatic rings. The van der Waals surface area contributed by atoms with Gasteiger partial charge in [0.15, 0.2) is 0 Å². The van der Waals surface area contributed by atoms with E-state index in [1.165, 1.54) is 32.1 Å². The van der Waals surface area contributed by atoms with Crippen LogP contribution in [0.25, 0.3) is 0 Å². The Morgan fingerprint density at radius 3 is 2.00 bits per heavy atom. The summed E-state index contributed by atoms with van der Waals surface area (Å²) in [6.45, 7) is 13.2. The maximum absolute atomic E-state index is 4.01. The largest absolute Gasteiger partial charge is 0.102 e. The van der Waals surface area contributed by atoms with Crippen molar-refractivity contribution >= 4 is 0 Å². The van der Waals surface area contributed by atoms with Gasteiger partial charge in [0.2, 0.25) is 0 Å². The number of hydrogen-bond acceptors (Lipinski definition) is 0. The van der Waals surface area contributed by atoms with Gasteiger partial charge in [-0.05, 0) is 43.3 Å². The summed E-state index contributed by atoms with van der Waals surface area (Å²) in [4.78, 5) is 0. The topological polar surface area (TPSA) is 0 Å². The predicted octanol–water partition coefficient (Wildman–Crippen LogP) is 5.43. The zero-order chi connectivity index (χ0) is 12.1. The van der Waals surface area contributed by atoms with E-state index in [4.69, 9.17) is 0 Å². The molecule has 0 heterocycles. The molecule has 0 N–H and O–H groups in total.